The van der Waals surface area contributed by atoms with Crippen molar-refractivity contribution < 1.29 is 14.3 Å². The van der Waals surface area contributed by atoms with Gasteiger partial charge in [0, 0.05) is 40.4 Å². The predicted molar refractivity (Wildman–Crippen MR) is 120 cm³/mol. The zero-order valence-electron chi connectivity index (χ0n) is 17.7. The van der Waals surface area contributed by atoms with Crippen molar-refractivity contribution in [2.45, 2.75) is 46.3 Å². The second kappa shape index (κ2) is 9.18. The molecular weight excluding hydrogens is 432 g/mol. The number of benzene rings is 2. The van der Waals surface area contributed by atoms with Gasteiger partial charge in [0.15, 0.2) is 11.5 Å². The minimum Gasteiger partial charge on any atom is -0.493 e. The molecule has 1 aliphatic rings. The van der Waals surface area contributed by atoms with Gasteiger partial charge in [-0.05, 0) is 57.5 Å². The average molecular weight is 461 g/mol. The third kappa shape index (κ3) is 4.75. The van der Waals surface area contributed by atoms with Gasteiger partial charge in [0.1, 0.15) is 6.61 Å². The smallest absolute Gasteiger partial charge is 0.258 e. The van der Waals surface area contributed by atoms with Crippen LogP contribution in [0.25, 0.3) is 0 Å². The summed E-state index contributed by atoms with van der Waals surface area (Å²) < 4.78 is 12.5. The van der Waals surface area contributed by atoms with Crippen molar-refractivity contribution >= 4 is 27.5 Å². The van der Waals surface area contributed by atoms with E-state index < -0.39 is 0 Å². The minimum atomic E-state index is 0.00142. The van der Waals surface area contributed by atoms with Crippen LogP contribution in [0.3, 0.4) is 0 Å². The summed E-state index contributed by atoms with van der Waals surface area (Å²) in [6.45, 7) is 10.8. The highest BCUT2D eigenvalue weighted by atomic mass is 79.9. The molecular formula is C23H29BrN2O3. The van der Waals surface area contributed by atoms with Crippen molar-refractivity contribution in [2.24, 2.45) is 0 Å². The van der Waals surface area contributed by atoms with Gasteiger partial charge in [-0.15, -0.1) is 0 Å². The Morgan fingerprint density at radius 3 is 2.45 bits per heavy atom. The van der Waals surface area contributed by atoms with Crippen molar-refractivity contribution in [1.82, 2.24) is 4.90 Å². The molecule has 1 heterocycles. The quantitative estimate of drug-likeness (QED) is 0.548. The van der Waals surface area contributed by atoms with Crippen molar-refractivity contribution in [3.05, 3.63) is 52.0 Å². The molecule has 0 aromatic heterocycles. The predicted octanol–water partition coefficient (Wildman–Crippen LogP) is 5.12. The molecule has 1 amide bonds. The lowest BCUT2D eigenvalue weighted by Gasteiger charge is -2.30. The maximum atomic E-state index is 12.8. The molecule has 0 N–H and O–H groups in total. The fourth-order valence-electron chi connectivity index (χ4n) is 3.80. The highest BCUT2D eigenvalue weighted by Gasteiger charge is 2.29. The van der Waals surface area contributed by atoms with Crippen molar-refractivity contribution in [3.63, 3.8) is 0 Å². The van der Waals surface area contributed by atoms with E-state index in [0.29, 0.717) is 36.7 Å². The Bertz CT molecular complexity index is 874. The molecule has 0 saturated heterocycles. The van der Waals surface area contributed by atoms with Gasteiger partial charge in [-0.3, -0.25) is 9.69 Å². The second-order valence-corrected chi connectivity index (χ2v) is 8.72. The number of fused-ring (bicyclic) bond motifs is 1. The molecule has 0 saturated carbocycles. The number of amides is 1. The second-order valence-electron chi connectivity index (χ2n) is 7.80. The van der Waals surface area contributed by atoms with Crippen LogP contribution in [0.1, 0.15) is 43.6 Å². The molecule has 0 unspecified atom stereocenters. The van der Waals surface area contributed by atoms with Gasteiger partial charge in [-0.1, -0.05) is 22.0 Å². The molecule has 0 spiro atoms. The summed E-state index contributed by atoms with van der Waals surface area (Å²) in [5.74, 6) is 1.32. The number of methoxy groups -OCH3 is 1. The minimum absolute atomic E-state index is 0.00142. The number of hydrogen-bond donors (Lipinski definition) is 0. The van der Waals surface area contributed by atoms with Crippen molar-refractivity contribution in [3.8, 4) is 11.5 Å². The van der Waals surface area contributed by atoms with Gasteiger partial charge in [0.2, 0.25) is 0 Å². The molecule has 0 fully saturated rings. The third-order valence-corrected chi connectivity index (χ3v) is 5.76. The number of ether oxygens (including phenoxy) is 2. The average Bonchev–Trinajstić information content (AvgIpc) is 3.00. The van der Waals surface area contributed by atoms with Gasteiger partial charge in [-0.25, -0.2) is 0 Å². The monoisotopic (exact) mass is 460 g/mol. The van der Waals surface area contributed by atoms with Gasteiger partial charge >= 0.3 is 0 Å². The summed E-state index contributed by atoms with van der Waals surface area (Å²) in [4.78, 5) is 17.0. The molecule has 29 heavy (non-hydrogen) atoms. The topological polar surface area (TPSA) is 42.0 Å². The van der Waals surface area contributed by atoms with E-state index in [0.717, 1.165) is 27.8 Å². The molecule has 0 aliphatic carbocycles. The van der Waals surface area contributed by atoms with E-state index in [1.54, 1.807) is 12.0 Å². The van der Waals surface area contributed by atoms with Crippen LogP contribution in [0.5, 0.6) is 11.5 Å². The molecule has 0 bridgehead atoms. The van der Waals surface area contributed by atoms with Crippen LogP contribution in [0.15, 0.2) is 40.9 Å². The third-order valence-electron chi connectivity index (χ3n) is 5.27. The zero-order chi connectivity index (χ0) is 21.1. The number of nitrogens with zero attached hydrogens (tertiary/aromatic N) is 2. The normalized spacial score (nSPS) is 13.6. The number of anilines is 1. The van der Waals surface area contributed by atoms with Crippen molar-refractivity contribution in [1.29, 1.82) is 0 Å². The molecule has 5 nitrogen and oxygen atoms in total. The number of carbonyl (C=O) groups excluding carboxylic acids is 1. The molecule has 1 aliphatic heterocycles. The lowest BCUT2D eigenvalue weighted by molar-refractivity contribution is 0.0996. The van der Waals surface area contributed by atoms with Gasteiger partial charge in [0.05, 0.1) is 13.7 Å². The molecule has 3 rings (SSSR count). The van der Waals surface area contributed by atoms with Crippen LogP contribution >= 0.6 is 15.9 Å². The summed E-state index contributed by atoms with van der Waals surface area (Å²) >= 11 is 3.44. The Labute approximate surface area is 181 Å². The van der Waals surface area contributed by atoms with E-state index in [1.165, 1.54) is 0 Å². The molecule has 2 aromatic rings. The molecule has 0 radical (unpaired) electrons. The molecule has 6 heteroatoms. The Morgan fingerprint density at radius 1 is 1.07 bits per heavy atom. The maximum Gasteiger partial charge on any atom is 0.258 e. The molecule has 156 valence electrons. The number of carbonyl (C=O) groups is 1. The number of rotatable bonds is 8. The van der Waals surface area contributed by atoms with Crippen LogP contribution in [-0.4, -0.2) is 43.2 Å². The zero-order valence-corrected chi connectivity index (χ0v) is 19.3. The van der Waals surface area contributed by atoms with Crippen LogP contribution in [0, 0.1) is 0 Å². The van der Waals surface area contributed by atoms with Crippen LogP contribution in [0.4, 0.5) is 5.69 Å². The highest BCUT2D eigenvalue weighted by molar-refractivity contribution is 9.10. The molecule has 0 atom stereocenters. The van der Waals surface area contributed by atoms with Crippen LogP contribution in [-0.2, 0) is 6.54 Å². The summed E-state index contributed by atoms with van der Waals surface area (Å²) in [7, 11) is 1.62. The van der Waals surface area contributed by atoms with Crippen LogP contribution < -0.4 is 14.4 Å². The van der Waals surface area contributed by atoms with Gasteiger partial charge in [0.25, 0.3) is 5.91 Å². The van der Waals surface area contributed by atoms with E-state index in [-0.39, 0.29) is 5.91 Å². The largest absolute Gasteiger partial charge is 0.493 e. The fourth-order valence-corrected chi connectivity index (χ4v) is 4.16. The molecule has 2 aromatic carbocycles. The Balaban J connectivity index is 1.72. The van der Waals surface area contributed by atoms with E-state index in [4.69, 9.17) is 9.47 Å². The van der Waals surface area contributed by atoms with Gasteiger partial charge < -0.3 is 14.4 Å². The summed E-state index contributed by atoms with van der Waals surface area (Å²) in [5, 5.41) is 0. The lowest BCUT2D eigenvalue weighted by atomic mass is 10.1. The summed E-state index contributed by atoms with van der Waals surface area (Å²) in [6.07, 6.45) is 0. The standard InChI is InChI=1S/C23H29BrN2O3/c1-15(2)25(16(3)4)10-11-29-21-9-8-19(13-22(21)28-5)26-14-17-6-7-18(24)12-20(17)23(26)27/h6-9,12-13,15-16H,10-11,14H2,1-5H3. The Kier molecular flexibility index (Phi) is 6.85. The van der Waals surface area contributed by atoms with E-state index in [1.807, 2.05) is 36.4 Å². The fraction of sp³-hybridized carbons (Fsp3) is 0.435. The van der Waals surface area contributed by atoms with E-state index in [9.17, 15) is 4.79 Å². The number of hydrogen-bond acceptors (Lipinski definition) is 4. The van der Waals surface area contributed by atoms with Crippen LogP contribution in [0.2, 0.25) is 0 Å². The first-order valence-electron chi connectivity index (χ1n) is 9.98. The van der Waals surface area contributed by atoms with E-state index in [2.05, 4.69) is 48.5 Å². The van der Waals surface area contributed by atoms with Crippen molar-refractivity contribution in [2.75, 3.05) is 25.2 Å². The SMILES string of the molecule is COc1cc(N2Cc3ccc(Br)cc3C2=O)ccc1OCCN(C(C)C)C(C)C. The first-order valence-corrected chi connectivity index (χ1v) is 10.8. The summed E-state index contributed by atoms with van der Waals surface area (Å²) in [5.41, 5.74) is 2.57. The lowest BCUT2D eigenvalue weighted by Crippen LogP contribution is -2.39. The first-order chi connectivity index (χ1) is 13.8. The highest BCUT2D eigenvalue weighted by Crippen LogP contribution is 2.36. The number of halogens is 1. The maximum absolute atomic E-state index is 12.8. The Morgan fingerprint density at radius 2 is 1.79 bits per heavy atom. The Hall–Kier alpha value is -2.05. The first kappa shape index (κ1) is 21.7. The van der Waals surface area contributed by atoms with E-state index >= 15 is 0 Å². The van der Waals surface area contributed by atoms with Gasteiger partial charge in [-0.2, -0.15) is 0 Å². The summed E-state index contributed by atoms with van der Waals surface area (Å²) in [6, 6.07) is 12.4.